The van der Waals surface area contributed by atoms with Gasteiger partial charge in [0, 0.05) is 16.7 Å². The van der Waals surface area contributed by atoms with Crippen molar-refractivity contribution in [1.82, 2.24) is 15.0 Å². The molecule has 4 heteroatoms. The maximum Gasteiger partial charge on any atom is 0.187 e. The maximum atomic E-state index is 8.03. The van der Waals surface area contributed by atoms with Crippen molar-refractivity contribution in [3.8, 4) is 112 Å². The first-order chi connectivity index (χ1) is 34.6. The molecule has 324 valence electrons. The van der Waals surface area contributed by atoms with Crippen molar-refractivity contribution < 1.29 is 0 Å². The zero-order chi connectivity index (χ0) is 46.5. The Morgan fingerprint density at radius 1 is 0.257 bits per heavy atom. The second-order valence-electron chi connectivity index (χ2n) is 17.8. The summed E-state index contributed by atoms with van der Waals surface area (Å²) in [5.41, 5.74) is 19.2. The predicted octanol–water partition coefficient (Wildman–Crippen LogP) is 17.7. The quantitative estimate of drug-likeness (QED) is 0.143. The van der Waals surface area contributed by atoms with Gasteiger partial charge in [0.1, 0.15) is 0 Å². The van der Waals surface area contributed by atoms with E-state index in [-0.39, 0.29) is 0 Å². The van der Waals surface area contributed by atoms with Crippen molar-refractivity contribution >= 4 is 27.2 Å². The van der Waals surface area contributed by atoms with Crippen molar-refractivity contribution in [2.75, 3.05) is 0 Å². The molecule has 0 aliphatic heterocycles. The highest BCUT2D eigenvalue weighted by Gasteiger charge is 2.23. The van der Waals surface area contributed by atoms with E-state index in [1.165, 1.54) is 49.4 Å². The fraction of sp³-hybridized carbons (Fsp3) is 0. The fourth-order valence-corrected chi connectivity index (χ4v) is 10.4. The highest BCUT2D eigenvalue weighted by molar-refractivity contribution is 6.18. The van der Waals surface area contributed by atoms with Gasteiger partial charge in [-0.2, -0.15) is 0 Å². The second-order valence-corrected chi connectivity index (χ2v) is 17.8. The van der Waals surface area contributed by atoms with E-state index in [9.17, 15) is 0 Å². The van der Waals surface area contributed by atoms with Gasteiger partial charge in [0.15, 0.2) is 23.2 Å². The lowest BCUT2D eigenvalue weighted by molar-refractivity contribution is 1.07. The summed E-state index contributed by atoms with van der Waals surface area (Å²) in [5, 5.41) is 4.93. The van der Waals surface area contributed by atoms with Crippen LogP contribution in [-0.4, -0.2) is 15.0 Å². The van der Waals surface area contributed by atoms with Crippen LogP contribution < -0.4 is 0 Å². The van der Waals surface area contributed by atoms with Crippen molar-refractivity contribution in [2.45, 2.75) is 0 Å². The third kappa shape index (κ3) is 7.04. The Kier molecular flexibility index (Phi) is 9.85. The van der Waals surface area contributed by atoms with Crippen LogP contribution in [0.3, 0.4) is 0 Å². The third-order valence-corrected chi connectivity index (χ3v) is 13.7. The molecular weight excluding hydrogens is 849 g/mol. The van der Waals surface area contributed by atoms with E-state index in [1.54, 1.807) is 0 Å². The Labute approximate surface area is 406 Å². The lowest BCUT2D eigenvalue weighted by atomic mass is 9.89. The van der Waals surface area contributed by atoms with Gasteiger partial charge in [0.25, 0.3) is 0 Å². The summed E-state index contributed by atoms with van der Waals surface area (Å²) in [6, 6.07) is 85.3. The van der Waals surface area contributed by atoms with Gasteiger partial charge in [0.2, 0.25) is 0 Å². The van der Waals surface area contributed by atoms with Crippen LogP contribution in [0, 0.1) is 6.57 Å². The number of nitrogens with zero attached hydrogens (tertiary/aromatic N) is 4. The van der Waals surface area contributed by atoms with Crippen molar-refractivity contribution in [3.63, 3.8) is 0 Å². The van der Waals surface area contributed by atoms with Gasteiger partial charge in [-0.3, -0.25) is 0 Å². The minimum Gasteiger partial charge on any atom is -0.238 e. The van der Waals surface area contributed by atoms with Crippen LogP contribution in [0.4, 0.5) is 5.69 Å². The number of fused-ring (bicyclic) bond motifs is 4. The van der Waals surface area contributed by atoms with E-state index in [0.29, 0.717) is 23.2 Å². The van der Waals surface area contributed by atoms with Crippen LogP contribution in [0.15, 0.2) is 243 Å². The number of benzene rings is 11. The van der Waals surface area contributed by atoms with E-state index >= 15 is 0 Å². The van der Waals surface area contributed by atoms with Gasteiger partial charge in [-0.25, -0.2) is 19.8 Å². The Morgan fingerprint density at radius 2 is 0.671 bits per heavy atom. The molecule has 0 saturated heterocycles. The summed E-state index contributed by atoms with van der Waals surface area (Å²) in [6.45, 7) is 8.03. The summed E-state index contributed by atoms with van der Waals surface area (Å²) >= 11 is 0. The molecule has 70 heavy (non-hydrogen) atoms. The smallest absolute Gasteiger partial charge is 0.187 e. The molecule has 0 spiro atoms. The van der Waals surface area contributed by atoms with E-state index in [4.69, 9.17) is 21.5 Å². The molecule has 0 bridgehead atoms. The van der Waals surface area contributed by atoms with Crippen LogP contribution in [0.2, 0.25) is 0 Å². The first-order valence-corrected chi connectivity index (χ1v) is 23.5. The zero-order valence-electron chi connectivity index (χ0n) is 37.9. The second kappa shape index (κ2) is 16.9. The van der Waals surface area contributed by atoms with Gasteiger partial charge in [0.05, 0.1) is 6.57 Å². The average molecular weight is 889 g/mol. The van der Waals surface area contributed by atoms with Crippen LogP contribution >= 0.6 is 0 Å². The Bertz CT molecular complexity index is 4050. The first kappa shape index (κ1) is 40.7. The topological polar surface area (TPSA) is 43.0 Å². The van der Waals surface area contributed by atoms with Gasteiger partial charge in [-0.1, -0.05) is 218 Å². The lowest BCUT2D eigenvalue weighted by Gasteiger charge is -2.16. The molecule has 1 heterocycles. The van der Waals surface area contributed by atoms with E-state index in [1.807, 2.05) is 48.5 Å². The van der Waals surface area contributed by atoms with Gasteiger partial charge in [-0.05, 0) is 124 Å². The Hall–Kier alpha value is -9.56. The van der Waals surface area contributed by atoms with E-state index in [0.717, 1.165) is 66.8 Å². The fourth-order valence-electron chi connectivity index (χ4n) is 10.4. The molecule has 0 atom stereocenters. The number of hydrogen-bond donors (Lipinski definition) is 0. The first-order valence-electron chi connectivity index (χ1n) is 23.5. The maximum absolute atomic E-state index is 8.03. The highest BCUT2D eigenvalue weighted by atomic mass is 15.0. The Morgan fingerprint density at radius 3 is 1.40 bits per heavy atom. The molecule has 12 aromatic rings. The monoisotopic (exact) mass is 888 g/mol. The predicted molar refractivity (Wildman–Crippen MR) is 289 cm³/mol. The molecule has 0 fully saturated rings. The molecule has 0 saturated carbocycles. The minimum atomic E-state index is 0.589. The van der Waals surface area contributed by atoms with Gasteiger partial charge >= 0.3 is 0 Å². The molecule has 1 aliphatic rings. The van der Waals surface area contributed by atoms with Crippen molar-refractivity contribution in [3.05, 3.63) is 254 Å². The average Bonchev–Trinajstić information content (AvgIpc) is 3.77. The Balaban J connectivity index is 0.907. The standard InChI is InChI=1S/C66H40N4/c1-67-50-34-35-55(62(41-50)48-24-12-21-45(39-48)54-36-37-60-57-29-9-8-28-56(57)59-33-15-32-58(54)63(59)60)46-22-11-20-44(38-46)53-27-7-10-30-61(53)66-69-64(43-17-3-2-4-18-43)68-65(70-66)49-25-13-23-47(40-49)52-31-14-19-42-16-5-6-26-51(42)52/h2-41H. The summed E-state index contributed by atoms with van der Waals surface area (Å²) in [5.74, 6) is 1.79. The SMILES string of the molecule is [C-]#[N+]c1ccc(-c2cccc(-c3ccccc3-c3nc(-c4ccccc4)nc(-c4cccc(-c5cccc6ccccc56)c4)n3)c2)c(-c2cccc(-c3ccc4c5c(cccc35)-c3ccccc3-4)c2)c1. The minimum absolute atomic E-state index is 0.589. The van der Waals surface area contributed by atoms with Gasteiger partial charge < -0.3 is 0 Å². The van der Waals surface area contributed by atoms with Crippen LogP contribution in [0.25, 0.3) is 138 Å². The lowest BCUT2D eigenvalue weighted by Crippen LogP contribution is -2.01. The third-order valence-electron chi connectivity index (χ3n) is 13.7. The molecule has 0 amide bonds. The van der Waals surface area contributed by atoms with Crippen LogP contribution in [0.1, 0.15) is 0 Å². The molecule has 0 radical (unpaired) electrons. The van der Waals surface area contributed by atoms with E-state index in [2.05, 4.69) is 199 Å². The number of hydrogen-bond acceptors (Lipinski definition) is 3. The summed E-state index contributed by atoms with van der Waals surface area (Å²) in [6.07, 6.45) is 0. The zero-order valence-corrected chi connectivity index (χ0v) is 37.9. The van der Waals surface area contributed by atoms with Crippen LogP contribution in [0.5, 0.6) is 0 Å². The largest absolute Gasteiger partial charge is 0.238 e. The number of rotatable bonds is 8. The molecule has 11 aromatic carbocycles. The summed E-state index contributed by atoms with van der Waals surface area (Å²) in [4.78, 5) is 19.5. The molecule has 13 rings (SSSR count). The van der Waals surface area contributed by atoms with Crippen molar-refractivity contribution in [2.24, 2.45) is 0 Å². The molecular formula is C66H40N4. The van der Waals surface area contributed by atoms with E-state index < -0.39 is 0 Å². The molecule has 0 N–H and O–H groups in total. The molecule has 0 unspecified atom stereocenters. The molecule has 1 aromatic heterocycles. The summed E-state index contributed by atoms with van der Waals surface area (Å²) < 4.78 is 0. The highest BCUT2D eigenvalue weighted by Crippen LogP contribution is 2.50. The molecule has 1 aliphatic carbocycles. The summed E-state index contributed by atoms with van der Waals surface area (Å²) in [7, 11) is 0. The normalized spacial score (nSPS) is 11.4. The van der Waals surface area contributed by atoms with Crippen molar-refractivity contribution in [1.29, 1.82) is 0 Å². The van der Waals surface area contributed by atoms with Crippen LogP contribution in [-0.2, 0) is 0 Å². The number of aromatic nitrogens is 3. The molecule has 4 nitrogen and oxygen atoms in total. The van der Waals surface area contributed by atoms with Gasteiger partial charge in [-0.15, -0.1) is 0 Å².